The molecule has 0 saturated carbocycles. The molecule has 0 saturated heterocycles. The second-order valence-corrected chi connectivity index (χ2v) is 7.93. The lowest BCUT2D eigenvalue weighted by Crippen LogP contribution is -2.01. The van der Waals surface area contributed by atoms with Gasteiger partial charge in [-0.3, -0.25) is 0 Å². The van der Waals surface area contributed by atoms with Crippen LogP contribution in [0.25, 0.3) is 0 Å². The van der Waals surface area contributed by atoms with Crippen molar-refractivity contribution in [3.8, 4) is 11.5 Å². The maximum absolute atomic E-state index is 6.25. The van der Waals surface area contributed by atoms with Gasteiger partial charge in [0.1, 0.15) is 19.0 Å². The van der Waals surface area contributed by atoms with E-state index in [0.717, 1.165) is 23.0 Å². The van der Waals surface area contributed by atoms with Crippen LogP contribution in [0.1, 0.15) is 26.7 Å². The van der Waals surface area contributed by atoms with E-state index in [1.807, 2.05) is 13.8 Å². The number of ether oxygens (including phenoxy) is 2. The van der Waals surface area contributed by atoms with Crippen LogP contribution in [0.5, 0.6) is 11.5 Å². The fourth-order valence-corrected chi connectivity index (χ4v) is 2.70. The minimum Gasteiger partial charge on any atom is -0.491 e. The number of unbranched alkanes of at least 4 members (excludes halogenated alkanes) is 1. The number of rotatable bonds is 10. The zero-order valence-corrected chi connectivity index (χ0v) is 18.1. The summed E-state index contributed by atoms with van der Waals surface area (Å²) in [6.45, 7) is 5.23. The van der Waals surface area contributed by atoms with Gasteiger partial charge in [0.25, 0.3) is 0 Å². The van der Waals surface area contributed by atoms with Crippen LogP contribution in [0.15, 0.2) is 31.8 Å². The lowest BCUT2D eigenvalue weighted by molar-refractivity contribution is 0.135. The molecule has 0 unspecified atom stereocenters. The Morgan fingerprint density at radius 2 is 1.92 bits per heavy atom. The van der Waals surface area contributed by atoms with E-state index in [0.29, 0.717) is 40.3 Å². The first-order valence-electron chi connectivity index (χ1n) is 7.29. The molecule has 0 aromatic heterocycles. The van der Waals surface area contributed by atoms with Crippen molar-refractivity contribution in [2.75, 3.05) is 19.8 Å². The highest BCUT2D eigenvalue weighted by Gasteiger charge is 2.10. The van der Waals surface area contributed by atoms with Crippen LogP contribution in [-0.2, 0) is 4.84 Å². The van der Waals surface area contributed by atoms with Gasteiger partial charge in [-0.1, -0.05) is 28.4 Å². The third-order valence-electron chi connectivity index (χ3n) is 2.58. The summed E-state index contributed by atoms with van der Waals surface area (Å²) in [5, 5.41) is 4.35. The van der Waals surface area contributed by atoms with E-state index in [-0.39, 0.29) is 0 Å². The Morgan fingerprint density at radius 1 is 1.21 bits per heavy atom. The third kappa shape index (κ3) is 9.16. The Kier molecular flexibility index (Phi) is 10.8. The zero-order valence-electron chi connectivity index (χ0n) is 13.5. The standard InChI is InChI=1S/C16H19Br2Cl2NO3/c1-11(2)21-24-7-4-3-6-23-16-13(17)9-12(10-14(16)19)22-8-5-15(18)20/h5,9-10H,3-4,6-8H2,1-2H3/b15-5-. The van der Waals surface area contributed by atoms with Gasteiger partial charge in [0.2, 0.25) is 0 Å². The third-order valence-corrected chi connectivity index (χ3v) is 3.93. The van der Waals surface area contributed by atoms with E-state index in [4.69, 9.17) is 37.5 Å². The molecule has 0 spiro atoms. The van der Waals surface area contributed by atoms with Crippen molar-refractivity contribution < 1.29 is 14.3 Å². The quantitative estimate of drug-likeness (QED) is 0.207. The number of nitrogens with zero attached hydrogens (tertiary/aromatic N) is 1. The number of halogens is 4. The summed E-state index contributed by atoms with van der Waals surface area (Å²) in [5.74, 6) is 1.23. The summed E-state index contributed by atoms with van der Waals surface area (Å²) in [6.07, 6.45) is 3.39. The normalized spacial score (nSPS) is 11.2. The van der Waals surface area contributed by atoms with E-state index in [2.05, 4.69) is 37.0 Å². The van der Waals surface area contributed by atoms with Crippen molar-refractivity contribution in [1.82, 2.24) is 0 Å². The van der Waals surface area contributed by atoms with Crippen LogP contribution in [0.4, 0.5) is 0 Å². The van der Waals surface area contributed by atoms with Crippen LogP contribution in [0.3, 0.4) is 0 Å². The van der Waals surface area contributed by atoms with Crippen molar-refractivity contribution in [3.05, 3.63) is 31.6 Å². The van der Waals surface area contributed by atoms with Gasteiger partial charge in [0.05, 0.1) is 25.8 Å². The molecule has 24 heavy (non-hydrogen) atoms. The van der Waals surface area contributed by atoms with E-state index >= 15 is 0 Å². The molecule has 1 aromatic rings. The first-order valence-corrected chi connectivity index (χ1v) is 9.63. The predicted molar refractivity (Wildman–Crippen MR) is 107 cm³/mol. The first-order chi connectivity index (χ1) is 11.4. The summed E-state index contributed by atoms with van der Waals surface area (Å²) >= 11 is 18.5. The molecular weight excluding hydrogens is 485 g/mol. The average Bonchev–Trinajstić information content (AvgIpc) is 2.47. The predicted octanol–water partition coefficient (Wildman–Crippen LogP) is 6.53. The van der Waals surface area contributed by atoms with E-state index in [1.54, 1.807) is 18.2 Å². The molecule has 1 aromatic carbocycles. The summed E-state index contributed by atoms with van der Waals surface area (Å²) in [4.78, 5) is 5.13. The molecule has 0 N–H and O–H groups in total. The zero-order chi connectivity index (χ0) is 17.9. The first kappa shape index (κ1) is 21.6. The van der Waals surface area contributed by atoms with Gasteiger partial charge in [-0.15, -0.1) is 0 Å². The molecule has 0 aliphatic heterocycles. The number of hydrogen-bond acceptors (Lipinski definition) is 4. The van der Waals surface area contributed by atoms with E-state index in [1.165, 1.54) is 0 Å². The lowest BCUT2D eigenvalue weighted by Gasteiger charge is -2.12. The van der Waals surface area contributed by atoms with Crippen LogP contribution < -0.4 is 9.47 Å². The number of hydrogen-bond donors (Lipinski definition) is 0. The molecule has 8 heteroatoms. The van der Waals surface area contributed by atoms with Gasteiger partial charge >= 0.3 is 0 Å². The fourth-order valence-electron chi connectivity index (χ4n) is 1.58. The topological polar surface area (TPSA) is 40.0 Å². The molecule has 0 bridgehead atoms. The highest BCUT2D eigenvalue weighted by atomic mass is 79.9. The molecule has 0 radical (unpaired) electrons. The summed E-state index contributed by atoms with van der Waals surface area (Å²) in [5.41, 5.74) is 0.901. The average molecular weight is 504 g/mol. The Balaban J connectivity index is 2.43. The Labute approximate surface area is 169 Å². The highest BCUT2D eigenvalue weighted by molar-refractivity contribution is 9.12. The maximum atomic E-state index is 6.25. The van der Waals surface area contributed by atoms with Crippen molar-refractivity contribution in [2.24, 2.45) is 5.16 Å². The summed E-state index contributed by atoms with van der Waals surface area (Å²) in [7, 11) is 0. The Bertz CT molecular complexity index is 564. The van der Waals surface area contributed by atoms with Crippen molar-refractivity contribution in [1.29, 1.82) is 0 Å². The van der Waals surface area contributed by atoms with Gasteiger partial charge < -0.3 is 14.3 Å². The molecular formula is C16H19Br2Cl2NO3. The van der Waals surface area contributed by atoms with Crippen LogP contribution in [-0.4, -0.2) is 25.5 Å². The van der Waals surface area contributed by atoms with Gasteiger partial charge in [-0.05, 0) is 70.7 Å². The highest BCUT2D eigenvalue weighted by Crippen LogP contribution is 2.37. The largest absolute Gasteiger partial charge is 0.491 e. The van der Waals surface area contributed by atoms with Crippen molar-refractivity contribution >= 4 is 60.8 Å². The van der Waals surface area contributed by atoms with Gasteiger partial charge in [0, 0.05) is 6.07 Å². The van der Waals surface area contributed by atoms with Crippen molar-refractivity contribution in [3.63, 3.8) is 0 Å². The SMILES string of the molecule is CC(C)=NOCCCCOc1c(Cl)cc(OC/C=C(\Cl)Br)cc1Br. The molecule has 0 atom stereocenters. The van der Waals surface area contributed by atoms with Crippen LogP contribution in [0.2, 0.25) is 5.02 Å². The lowest BCUT2D eigenvalue weighted by atomic mass is 10.3. The Morgan fingerprint density at radius 3 is 2.54 bits per heavy atom. The molecule has 4 nitrogen and oxygen atoms in total. The monoisotopic (exact) mass is 501 g/mol. The molecule has 1 rings (SSSR count). The van der Waals surface area contributed by atoms with Crippen molar-refractivity contribution in [2.45, 2.75) is 26.7 Å². The number of benzene rings is 1. The van der Waals surface area contributed by atoms with Gasteiger partial charge in [-0.25, -0.2) is 0 Å². The second kappa shape index (κ2) is 12.0. The summed E-state index contributed by atoms with van der Waals surface area (Å²) in [6, 6.07) is 3.51. The van der Waals surface area contributed by atoms with Crippen LogP contribution in [0, 0.1) is 0 Å². The number of oxime groups is 1. The Hall–Kier alpha value is -0.430. The van der Waals surface area contributed by atoms with Gasteiger partial charge in [0.15, 0.2) is 5.75 Å². The molecule has 0 aliphatic carbocycles. The minimum atomic E-state index is 0.340. The summed E-state index contributed by atoms with van der Waals surface area (Å²) < 4.78 is 12.5. The second-order valence-electron chi connectivity index (χ2n) is 4.95. The van der Waals surface area contributed by atoms with E-state index < -0.39 is 0 Å². The minimum absolute atomic E-state index is 0.340. The molecule has 0 amide bonds. The van der Waals surface area contributed by atoms with E-state index in [9.17, 15) is 0 Å². The van der Waals surface area contributed by atoms with Crippen LogP contribution >= 0.6 is 55.1 Å². The molecule has 0 aliphatic rings. The smallest absolute Gasteiger partial charge is 0.152 e. The fraction of sp³-hybridized carbons (Fsp3) is 0.438. The molecule has 0 fully saturated rings. The van der Waals surface area contributed by atoms with Gasteiger partial charge in [-0.2, -0.15) is 0 Å². The molecule has 134 valence electrons. The molecule has 0 heterocycles. The maximum Gasteiger partial charge on any atom is 0.152 e.